The van der Waals surface area contributed by atoms with Gasteiger partial charge in [-0.25, -0.2) is 0 Å². The highest BCUT2D eigenvalue weighted by Gasteiger charge is 2.40. The molecule has 5 heteroatoms. The van der Waals surface area contributed by atoms with Crippen molar-refractivity contribution < 1.29 is 9.59 Å². The first kappa shape index (κ1) is 16.4. The number of carbonyl (C=O) groups is 2. The Bertz CT molecular complexity index is 883. The summed E-state index contributed by atoms with van der Waals surface area (Å²) >= 11 is 0. The molecule has 2 aliphatic rings. The van der Waals surface area contributed by atoms with Crippen molar-refractivity contribution in [2.75, 3.05) is 25.5 Å². The molecule has 2 amide bonds. The molecule has 2 aromatic carbocycles. The summed E-state index contributed by atoms with van der Waals surface area (Å²) in [5.74, 6) is -0.0119. The molecule has 0 radical (unpaired) electrons. The molecule has 0 unspecified atom stereocenters. The van der Waals surface area contributed by atoms with Crippen LogP contribution in [0.25, 0.3) is 11.1 Å². The van der Waals surface area contributed by atoms with Crippen molar-refractivity contribution in [3.8, 4) is 11.1 Å². The van der Waals surface area contributed by atoms with Gasteiger partial charge in [0.1, 0.15) is 0 Å². The highest BCUT2D eigenvalue weighted by Crippen LogP contribution is 2.32. The number of amides is 2. The third kappa shape index (κ3) is 2.65. The van der Waals surface area contributed by atoms with Crippen LogP contribution in [0.15, 0.2) is 55.1 Å². The zero-order valence-electron chi connectivity index (χ0n) is 14.7. The summed E-state index contributed by atoms with van der Waals surface area (Å²) in [6.45, 7) is 5.30. The fraction of sp³-hybridized carbons (Fsp3) is 0.238. The Morgan fingerprint density at radius 1 is 1.15 bits per heavy atom. The first-order valence-corrected chi connectivity index (χ1v) is 8.74. The number of likely N-dealkylation sites (tertiary alicyclic amines) is 1. The van der Waals surface area contributed by atoms with Crippen LogP contribution in [0, 0.1) is 0 Å². The maximum atomic E-state index is 12.9. The van der Waals surface area contributed by atoms with Crippen molar-refractivity contribution in [2.24, 2.45) is 0 Å². The monoisotopic (exact) mass is 347 g/mol. The van der Waals surface area contributed by atoms with E-state index >= 15 is 0 Å². The van der Waals surface area contributed by atoms with Crippen LogP contribution in [0.3, 0.4) is 0 Å². The fourth-order valence-corrected chi connectivity index (χ4v) is 3.59. The maximum Gasteiger partial charge on any atom is 0.254 e. The Morgan fingerprint density at radius 2 is 1.85 bits per heavy atom. The molecule has 0 saturated carbocycles. The van der Waals surface area contributed by atoms with Crippen molar-refractivity contribution in [1.29, 1.82) is 0 Å². The Morgan fingerprint density at radius 3 is 2.50 bits per heavy atom. The van der Waals surface area contributed by atoms with Crippen molar-refractivity contribution >= 4 is 17.5 Å². The second kappa shape index (κ2) is 6.33. The summed E-state index contributed by atoms with van der Waals surface area (Å²) < 4.78 is 0. The lowest BCUT2D eigenvalue weighted by atomic mass is 10.0. The fourth-order valence-electron chi connectivity index (χ4n) is 3.59. The topological polar surface area (TPSA) is 52.7 Å². The highest BCUT2D eigenvalue weighted by atomic mass is 16.2. The minimum absolute atomic E-state index is 0.0596. The normalized spacial score (nSPS) is 16.3. The van der Waals surface area contributed by atoms with Gasteiger partial charge in [0.2, 0.25) is 5.91 Å². The molecular formula is C21H21N3O2. The number of rotatable bonds is 4. The summed E-state index contributed by atoms with van der Waals surface area (Å²) in [7, 11) is 1.89. The molecule has 0 aromatic heterocycles. The Kier molecular flexibility index (Phi) is 3.99. The third-order valence-corrected chi connectivity index (χ3v) is 5.24. The van der Waals surface area contributed by atoms with Crippen LogP contribution in [0.5, 0.6) is 0 Å². The molecule has 4 rings (SSSR count). The lowest BCUT2D eigenvalue weighted by Crippen LogP contribution is -2.60. The number of nitrogens with one attached hydrogen (secondary N) is 1. The van der Waals surface area contributed by atoms with E-state index in [1.54, 1.807) is 4.90 Å². The molecule has 1 saturated heterocycles. The Balaban J connectivity index is 1.52. The maximum absolute atomic E-state index is 12.9. The first-order chi connectivity index (χ1) is 12.6. The number of hydrogen-bond donors (Lipinski definition) is 1. The van der Waals surface area contributed by atoms with E-state index < -0.39 is 0 Å². The van der Waals surface area contributed by atoms with Crippen molar-refractivity contribution in [1.82, 2.24) is 9.80 Å². The summed E-state index contributed by atoms with van der Waals surface area (Å²) in [4.78, 5) is 28.0. The second-order valence-corrected chi connectivity index (χ2v) is 6.73. The van der Waals surface area contributed by atoms with Crippen LogP contribution in [0.4, 0.5) is 5.69 Å². The van der Waals surface area contributed by atoms with Gasteiger partial charge >= 0.3 is 0 Å². The van der Waals surface area contributed by atoms with Gasteiger partial charge in [-0.05, 0) is 41.0 Å². The summed E-state index contributed by atoms with van der Waals surface area (Å²) in [6, 6.07) is 14.3. The molecule has 0 bridgehead atoms. The predicted molar refractivity (Wildman–Crippen MR) is 102 cm³/mol. The number of hydrogen-bond acceptors (Lipinski definition) is 3. The van der Waals surface area contributed by atoms with Crippen LogP contribution in [0.2, 0.25) is 0 Å². The molecule has 132 valence electrons. The summed E-state index contributed by atoms with van der Waals surface area (Å²) in [5, 5.41) is 3.11. The van der Waals surface area contributed by atoms with Gasteiger partial charge in [0.25, 0.3) is 5.91 Å². The molecule has 2 aliphatic heterocycles. The molecule has 0 atom stereocenters. The van der Waals surface area contributed by atoms with E-state index in [-0.39, 0.29) is 17.9 Å². The van der Waals surface area contributed by atoms with Gasteiger partial charge in [0, 0.05) is 37.9 Å². The van der Waals surface area contributed by atoms with Gasteiger partial charge in [-0.1, -0.05) is 30.8 Å². The number of fused-ring (bicyclic) bond motifs is 1. The number of nitrogens with zero attached hydrogens (tertiary/aromatic N) is 2. The van der Waals surface area contributed by atoms with E-state index in [1.165, 1.54) is 6.08 Å². The van der Waals surface area contributed by atoms with Gasteiger partial charge in [-0.3, -0.25) is 9.59 Å². The van der Waals surface area contributed by atoms with Crippen LogP contribution in [-0.4, -0.2) is 47.8 Å². The van der Waals surface area contributed by atoms with Crippen LogP contribution < -0.4 is 5.32 Å². The number of carbonyl (C=O) groups excluding carboxylic acids is 2. The smallest absolute Gasteiger partial charge is 0.254 e. The molecule has 2 heterocycles. The zero-order valence-corrected chi connectivity index (χ0v) is 14.7. The molecule has 0 spiro atoms. The molecule has 0 aliphatic carbocycles. The number of anilines is 1. The summed E-state index contributed by atoms with van der Waals surface area (Å²) in [5.41, 5.74) is 5.01. The van der Waals surface area contributed by atoms with Gasteiger partial charge < -0.3 is 15.1 Å². The Labute approximate surface area is 152 Å². The molecule has 1 N–H and O–H groups in total. The van der Waals surface area contributed by atoms with Gasteiger partial charge in [0.15, 0.2) is 0 Å². The molecule has 5 nitrogen and oxygen atoms in total. The lowest BCUT2D eigenvalue weighted by Gasteiger charge is -2.43. The van der Waals surface area contributed by atoms with E-state index in [0.29, 0.717) is 19.6 Å². The molecule has 26 heavy (non-hydrogen) atoms. The van der Waals surface area contributed by atoms with Crippen LogP contribution in [-0.2, 0) is 11.3 Å². The SMILES string of the molecule is C=CC(=O)N1CC(N2Cc3ccc(-c4ccc(NC)cc4)cc3C2=O)C1. The van der Waals surface area contributed by atoms with Crippen molar-refractivity contribution in [3.63, 3.8) is 0 Å². The van der Waals surface area contributed by atoms with E-state index in [2.05, 4.69) is 30.1 Å². The minimum Gasteiger partial charge on any atom is -0.388 e. The van der Waals surface area contributed by atoms with E-state index in [1.807, 2.05) is 36.2 Å². The van der Waals surface area contributed by atoms with E-state index in [0.717, 1.165) is 27.9 Å². The predicted octanol–water partition coefficient (Wildman–Crippen LogP) is 2.75. The average molecular weight is 347 g/mol. The highest BCUT2D eigenvalue weighted by molar-refractivity contribution is 6.00. The minimum atomic E-state index is -0.0716. The third-order valence-electron chi connectivity index (χ3n) is 5.24. The lowest BCUT2D eigenvalue weighted by molar-refractivity contribution is -0.132. The first-order valence-electron chi connectivity index (χ1n) is 8.74. The Hall–Kier alpha value is -3.08. The van der Waals surface area contributed by atoms with Crippen molar-refractivity contribution in [3.05, 3.63) is 66.2 Å². The van der Waals surface area contributed by atoms with Gasteiger partial charge in [0.05, 0.1) is 6.04 Å². The largest absolute Gasteiger partial charge is 0.388 e. The second-order valence-electron chi connectivity index (χ2n) is 6.73. The van der Waals surface area contributed by atoms with Gasteiger partial charge in [-0.2, -0.15) is 0 Å². The summed E-state index contributed by atoms with van der Waals surface area (Å²) in [6.07, 6.45) is 1.32. The zero-order chi connectivity index (χ0) is 18.3. The van der Waals surface area contributed by atoms with Crippen molar-refractivity contribution in [2.45, 2.75) is 12.6 Å². The molecular weight excluding hydrogens is 326 g/mol. The molecule has 2 aromatic rings. The van der Waals surface area contributed by atoms with Crippen LogP contribution in [0.1, 0.15) is 15.9 Å². The van der Waals surface area contributed by atoms with Gasteiger partial charge in [-0.15, -0.1) is 0 Å². The van der Waals surface area contributed by atoms with E-state index in [9.17, 15) is 9.59 Å². The number of benzene rings is 2. The quantitative estimate of drug-likeness (QED) is 0.866. The molecule has 1 fully saturated rings. The standard InChI is InChI=1S/C21H21N3O2/c1-3-20(25)23-12-18(13-23)24-11-16-5-4-15(10-19(16)21(24)26)14-6-8-17(22-2)9-7-14/h3-10,18,22H,1,11-13H2,2H3. The van der Waals surface area contributed by atoms with Crippen LogP contribution >= 0.6 is 0 Å². The van der Waals surface area contributed by atoms with E-state index in [4.69, 9.17) is 0 Å². The average Bonchev–Trinajstić information content (AvgIpc) is 2.96.